The lowest BCUT2D eigenvalue weighted by molar-refractivity contribution is 0.0239. The van der Waals surface area contributed by atoms with Gasteiger partial charge in [0.25, 0.3) is 0 Å². The van der Waals surface area contributed by atoms with Gasteiger partial charge in [-0.15, -0.1) is 0 Å². The number of hydrogen-bond donors (Lipinski definition) is 1. The van der Waals surface area contributed by atoms with Crippen LogP contribution in [0.25, 0.3) is 0 Å². The van der Waals surface area contributed by atoms with Crippen molar-refractivity contribution in [1.29, 1.82) is 0 Å². The third kappa shape index (κ3) is 2.07. The van der Waals surface area contributed by atoms with Crippen LogP contribution < -0.4 is 5.32 Å². The average Bonchev–Trinajstić information content (AvgIpc) is 2.29. The molecule has 2 unspecified atom stereocenters. The van der Waals surface area contributed by atoms with E-state index in [1.54, 1.807) is 0 Å². The molecule has 1 amide bonds. The lowest BCUT2D eigenvalue weighted by atomic mass is 10.3. The Bertz CT molecular complexity index is 193. The van der Waals surface area contributed by atoms with Crippen molar-refractivity contribution in [2.75, 3.05) is 7.11 Å². The molecule has 0 aromatic heterocycles. The van der Waals surface area contributed by atoms with Gasteiger partial charge < -0.3 is 9.47 Å². The van der Waals surface area contributed by atoms with Crippen LogP contribution in [0.3, 0.4) is 0 Å². The van der Waals surface area contributed by atoms with Gasteiger partial charge in [-0.3, -0.25) is 5.32 Å². The number of carbonyl (C=O) groups excluding carboxylic acids is 1. The number of ether oxygens (including phenoxy) is 2. The average molecular weight is 234 g/mol. The van der Waals surface area contributed by atoms with E-state index < -0.39 is 22.2 Å². The summed E-state index contributed by atoms with van der Waals surface area (Å²) in [4.78, 5) is 10.7. The number of alkyl carbamates (subject to hydrolysis) is 1. The fourth-order valence-electron chi connectivity index (χ4n) is 0.824. The van der Waals surface area contributed by atoms with E-state index in [2.05, 4.69) is 10.1 Å². The van der Waals surface area contributed by atoms with Crippen LogP contribution in [0.5, 0.6) is 0 Å². The maximum Gasteiger partial charge on any atom is 0.409 e. The van der Waals surface area contributed by atoms with Crippen LogP contribution in [-0.2, 0) is 9.47 Å². The lowest BCUT2D eigenvalue weighted by Gasteiger charge is -2.21. The highest BCUT2D eigenvalue weighted by atomic mass is 35.6. The highest BCUT2D eigenvalue weighted by Crippen LogP contribution is 2.36. The maximum absolute atomic E-state index is 10.7. The zero-order valence-corrected chi connectivity index (χ0v) is 8.28. The summed E-state index contributed by atoms with van der Waals surface area (Å²) in [5.74, 6) is 0. The summed E-state index contributed by atoms with van der Waals surface area (Å²) in [5.41, 5.74) is 0. The summed E-state index contributed by atoms with van der Waals surface area (Å²) < 4.78 is 7.79. The zero-order valence-electron chi connectivity index (χ0n) is 6.01. The number of rotatable bonds is 1. The topological polar surface area (TPSA) is 47.6 Å². The molecule has 1 fully saturated rings. The Morgan fingerprint density at radius 3 is 2.50 bits per heavy atom. The molecule has 1 saturated heterocycles. The van der Waals surface area contributed by atoms with Crippen LogP contribution in [0.1, 0.15) is 0 Å². The molecule has 12 heavy (non-hydrogen) atoms. The summed E-state index contributed by atoms with van der Waals surface area (Å²) in [6.45, 7) is 0. The molecule has 0 saturated carbocycles. The predicted octanol–water partition coefficient (Wildman–Crippen LogP) is 1.44. The Kier molecular flexibility index (Phi) is 2.93. The van der Waals surface area contributed by atoms with Crippen LogP contribution in [0, 0.1) is 0 Å². The molecular weight excluding hydrogens is 228 g/mol. The first-order valence-corrected chi connectivity index (χ1v) is 4.15. The first kappa shape index (κ1) is 10.2. The lowest BCUT2D eigenvalue weighted by Crippen LogP contribution is -2.40. The van der Waals surface area contributed by atoms with Crippen molar-refractivity contribution in [1.82, 2.24) is 5.32 Å². The van der Waals surface area contributed by atoms with Crippen LogP contribution >= 0.6 is 34.8 Å². The Morgan fingerprint density at radius 2 is 2.17 bits per heavy atom. The van der Waals surface area contributed by atoms with E-state index in [1.165, 1.54) is 7.11 Å². The van der Waals surface area contributed by atoms with E-state index in [4.69, 9.17) is 39.5 Å². The summed E-state index contributed by atoms with van der Waals surface area (Å²) >= 11 is 16.5. The van der Waals surface area contributed by atoms with E-state index in [1.807, 2.05) is 0 Å². The molecule has 0 aromatic carbocycles. The molecule has 0 radical (unpaired) electrons. The van der Waals surface area contributed by atoms with Gasteiger partial charge in [-0.1, -0.05) is 34.8 Å². The summed E-state index contributed by atoms with van der Waals surface area (Å²) in [6, 6.07) is 0. The van der Waals surface area contributed by atoms with Gasteiger partial charge in [0.15, 0.2) is 12.3 Å². The zero-order chi connectivity index (χ0) is 9.35. The van der Waals surface area contributed by atoms with E-state index in [-0.39, 0.29) is 0 Å². The molecule has 1 aliphatic heterocycles. The highest BCUT2D eigenvalue weighted by Gasteiger charge is 2.47. The normalized spacial score (nSPS) is 29.8. The van der Waals surface area contributed by atoms with Gasteiger partial charge in [0.05, 0.1) is 0 Å². The standard InChI is InChI=1S/C5H6Cl3NO3/c1-11-3-2(5(6,7)8)12-4(10)9-3/h2-3H,1H3,(H,9,10). The Labute approximate surface area is 84.0 Å². The van der Waals surface area contributed by atoms with Crippen molar-refractivity contribution in [2.24, 2.45) is 0 Å². The molecule has 2 atom stereocenters. The first-order valence-electron chi connectivity index (χ1n) is 3.02. The Morgan fingerprint density at radius 1 is 1.58 bits per heavy atom. The third-order valence-electron chi connectivity index (χ3n) is 1.35. The monoisotopic (exact) mass is 233 g/mol. The minimum Gasteiger partial charge on any atom is -0.437 e. The molecule has 1 aliphatic rings. The van der Waals surface area contributed by atoms with Gasteiger partial charge >= 0.3 is 6.09 Å². The number of methoxy groups -OCH3 is 1. The number of carbonyl (C=O) groups is 1. The van der Waals surface area contributed by atoms with Crippen molar-refractivity contribution in [3.8, 4) is 0 Å². The summed E-state index contributed by atoms with van der Waals surface area (Å²) in [5, 5.41) is 2.32. The van der Waals surface area contributed by atoms with Crippen molar-refractivity contribution in [2.45, 2.75) is 16.1 Å². The molecule has 1 N–H and O–H groups in total. The van der Waals surface area contributed by atoms with Crippen LogP contribution in [0.4, 0.5) is 4.79 Å². The van der Waals surface area contributed by atoms with Crippen molar-refractivity contribution >= 4 is 40.9 Å². The summed E-state index contributed by atoms with van der Waals surface area (Å²) in [6.07, 6.45) is -2.29. The van der Waals surface area contributed by atoms with Gasteiger partial charge in [-0.25, -0.2) is 4.79 Å². The highest BCUT2D eigenvalue weighted by molar-refractivity contribution is 6.68. The second-order valence-corrected chi connectivity index (χ2v) is 4.54. The predicted molar refractivity (Wildman–Crippen MR) is 44.5 cm³/mol. The largest absolute Gasteiger partial charge is 0.437 e. The van der Waals surface area contributed by atoms with Gasteiger partial charge in [0.1, 0.15) is 0 Å². The van der Waals surface area contributed by atoms with Crippen molar-refractivity contribution in [3.63, 3.8) is 0 Å². The molecule has 0 bridgehead atoms. The van der Waals surface area contributed by atoms with Crippen LogP contribution in [0.15, 0.2) is 0 Å². The molecule has 0 aromatic rings. The van der Waals surface area contributed by atoms with Gasteiger partial charge in [0, 0.05) is 7.11 Å². The molecular formula is C5H6Cl3NO3. The molecule has 7 heteroatoms. The fourth-order valence-corrected chi connectivity index (χ4v) is 1.30. The minimum atomic E-state index is -1.68. The number of cyclic esters (lactones) is 1. The second-order valence-electron chi connectivity index (χ2n) is 2.17. The number of halogens is 3. The number of alkyl halides is 3. The molecule has 4 nitrogen and oxygen atoms in total. The van der Waals surface area contributed by atoms with Crippen molar-refractivity contribution < 1.29 is 14.3 Å². The first-order chi connectivity index (χ1) is 5.45. The van der Waals surface area contributed by atoms with Gasteiger partial charge in [0.2, 0.25) is 3.79 Å². The molecule has 0 aliphatic carbocycles. The van der Waals surface area contributed by atoms with Crippen LogP contribution in [-0.4, -0.2) is 29.3 Å². The number of nitrogens with one attached hydrogen (secondary N) is 1. The summed E-state index contributed by atoms with van der Waals surface area (Å²) in [7, 11) is 1.38. The maximum atomic E-state index is 10.7. The van der Waals surface area contributed by atoms with E-state index in [0.717, 1.165) is 0 Å². The van der Waals surface area contributed by atoms with Gasteiger partial charge in [-0.05, 0) is 0 Å². The Balaban J connectivity index is 2.70. The number of amides is 1. The molecule has 0 spiro atoms. The van der Waals surface area contributed by atoms with E-state index in [0.29, 0.717) is 0 Å². The molecule has 1 rings (SSSR count). The molecule has 70 valence electrons. The second kappa shape index (κ2) is 3.46. The smallest absolute Gasteiger partial charge is 0.409 e. The Hall–Kier alpha value is 0.1000. The van der Waals surface area contributed by atoms with E-state index in [9.17, 15) is 4.79 Å². The van der Waals surface area contributed by atoms with Crippen LogP contribution in [0.2, 0.25) is 0 Å². The molecule has 1 heterocycles. The van der Waals surface area contributed by atoms with E-state index >= 15 is 0 Å². The fraction of sp³-hybridized carbons (Fsp3) is 0.800. The minimum absolute atomic E-state index is 0.654. The quantitative estimate of drug-likeness (QED) is 0.698. The van der Waals surface area contributed by atoms with Crippen molar-refractivity contribution in [3.05, 3.63) is 0 Å². The SMILES string of the molecule is COC1NC(=O)OC1C(Cl)(Cl)Cl. The van der Waals surface area contributed by atoms with Gasteiger partial charge in [-0.2, -0.15) is 0 Å². The third-order valence-corrected chi connectivity index (χ3v) is 1.99. The number of hydrogen-bond acceptors (Lipinski definition) is 3.